The van der Waals surface area contributed by atoms with Gasteiger partial charge in [-0.1, -0.05) is 71.9 Å². The summed E-state index contributed by atoms with van der Waals surface area (Å²) in [4.78, 5) is 16.2. The molecule has 1 aromatic heterocycles. The van der Waals surface area contributed by atoms with Crippen molar-refractivity contribution in [2.45, 2.75) is 54.4 Å². The van der Waals surface area contributed by atoms with Gasteiger partial charge in [0.1, 0.15) is 5.76 Å². The van der Waals surface area contributed by atoms with Crippen LogP contribution >= 0.6 is 0 Å². The summed E-state index contributed by atoms with van der Waals surface area (Å²) in [5.74, 6) is 1.48. The van der Waals surface area contributed by atoms with Crippen molar-refractivity contribution in [1.82, 2.24) is 4.98 Å². The fraction of sp³-hybridized carbons (Fsp3) is 0.312. The molecule has 1 heterocycles. The number of aliphatic hydroxyl groups is 1. The molecule has 4 rings (SSSR count). The molecular formula is C32H36IrNO3-. The molecule has 0 fully saturated rings. The summed E-state index contributed by atoms with van der Waals surface area (Å²) in [6, 6.07) is 25.1. The zero-order chi connectivity index (χ0) is 26.3. The van der Waals surface area contributed by atoms with Gasteiger partial charge in [0.05, 0.1) is 0 Å². The Balaban J connectivity index is 0.000000271. The van der Waals surface area contributed by atoms with E-state index < -0.39 is 0 Å². The predicted molar refractivity (Wildman–Crippen MR) is 148 cm³/mol. The van der Waals surface area contributed by atoms with Gasteiger partial charge in [0.2, 0.25) is 5.88 Å². The van der Waals surface area contributed by atoms with Crippen molar-refractivity contribution in [3.05, 3.63) is 90.8 Å². The average molecular weight is 675 g/mol. The van der Waals surface area contributed by atoms with Gasteiger partial charge in [-0.25, -0.2) is 4.98 Å². The average Bonchev–Trinajstić information content (AvgIpc) is 2.89. The molecule has 1 N–H and O–H groups in total. The van der Waals surface area contributed by atoms with E-state index in [4.69, 9.17) is 4.74 Å². The number of carbonyl (C=O) groups is 1. The second kappa shape index (κ2) is 13.0. The molecule has 5 heteroatoms. The molecule has 197 valence electrons. The van der Waals surface area contributed by atoms with E-state index in [1.54, 1.807) is 6.20 Å². The van der Waals surface area contributed by atoms with Crippen molar-refractivity contribution >= 4 is 27.3 Å². The van der Waals surface area contributed by atoms with Crippen LogP contribution in [0.2, 0.25) is 0 Å². The standard InChI is InChI=1S/C19H12NO.C13H24O2.Ir/c1-2-7-15(8-3-1)21-19-18-11-10-14-6-4-5-9-16(14)17(18)12-13-20-19;1-7-12(3,4)10(14)9-11(15)13(5,6)8-2;/h1-7,9-13H;9,14H,7-8H2,1-6H3;/q-1;;/b;10-9-;. The number of pyridine rings is 1. The topological polar surface area (TPSA) is 59.4 Å². The van der Waals surface area contributed by atoms with Crippen molar-refractivity contribution in [1.29, 1.82) is 0 Å². The van der Waals surface area contributed by atoms with Crippen LogP contribution in [0, 0.1) is 16.9 Å². The number of aliphatic hydroxyl groups excluding tert-OH is 1. The zero-order valence-corrected chi connectivity index (χ0v) is 24.9. The maximum absolute atomic E-state index is 11.8. The number of benzene rings is 3. The van der Waals surface area contributed by atoms with Crippen LogP contribution in [0.5, 0.6) is 11.6 Å². The maximum atomic E-state index is 11.8. The largest absolute Gasteiger partial charge is 0.512 e. The molecule has 1 radical (unpaired) electrons. The molecule has 0 spiro atoms. The van der Waals surface area contributed by atoms with Gasteiger partial charge in [-0.3, -0.25) is 4.79 Å². The van der Waals surface area contributed by atoms with Crippen molar-refractivity contribution in [2.75, 3.05) is 0 Å². The minimum Gasteiger partial charge on any atom is -0.512 e. The van der Waals surface area contributed by atoms with Gasteiger partial charge in [-0.15, -0.1) is 12.1 Å². The van der Waals surface area contributed by atoms with E-state index in [9.17, 15) is 9.90 Å². The van der Waals surface area contributed by atoms with E-state index in [0.29, 0.717) is 11.6 Å². The molecule has 0 saturated heterocycles. The Morgan fingerprint density at radius 1 is 0.892 bits per heavy atom. The summed E-state index contributed by atoms with van der Waals surface area (Å²) >= 11 is 0. The van der Waals surface area contributed by atoms with E-state index >= 15 is 0 Å². The van der Waals surface area contributed by atoms with Crippen molar-refractivity contribution in [2.24, 2.45) is 10.8 Å². The van der Waals surface area contributed by atoms with Gasteiger partial charge in [-0.2, -0.15) is 18.2 Å². The second-order valence-electron chi connectivity index (χ2n) is 10.2. The second-order valence-corrected chi connectivity index (χ2v) is 10.2. The molecule has 0 saturated carbocycles. The van der Waals surface area contributed by atoms with Crippen LogP contribution in [0.3, 0.4) is 0 Å². The molecule has 0 aliphatic carbocycles. The number of nitrogens with zero attached hydrogens (tertiary/aromatic N) is 1. The minimum absolute atomic E-state index is 0. The third kappa shape index (κ3) is 7.50. The summed E-state index contributed by atoms with van der Waals surface area (Å²) in [5, 5.41) is 14.4. The Hall–Kier alpha value is -3.01. The monoisotopic (exact) mass is 675 g/mol. The molecule has 0 unspecified atom stereocenters. The molecular weight excluding hydrogens is 639 g/mol. The van der Waals surface area contributed by atoms with Gasteiger partial charge in [-0.05, 0) is 41.1 Å². The summed E-state index contributed by atoms with van der Waals surface area (Å²) in [6.45, 7) is 11.7. The fourth-order valence-corrected chi connectivity index (χ4v) is 3.41. The molecule has 37 heavy (non-hydrogen) atoms. The van der Waals surface area contributed by atoms with E-state index in [-0.39, 0.29) is 42.5 Å². The molecule has 0 atom stereocenters. The molecule has 4 nitrogen and oxygen atoms in total. The molecule has 4 aromatic rings. The number of allylic oxidation sites excluding steroid dienone is 2. The first-order chi connectivity index (χ1) is 17.1. The number of hydrogen-bond acceptors (Lipinski definition) is 4. The van der Waals surface area contributed by atoms with Crippen LogP contribution in [0.1, 0.15) is 54.4 Å². The van der Waals surface area contributed by atoms with Gasteiger partial charge in [0.25, 0.3) is 0 Å². The third-order valence-electron chi connectivity index (χ3n) is 6.92. The Labute approximate surface area is 234 Å². The number of rotatable bonds is 7. The van der Waals surface area contributed by atoms with Crippen LogP contribution in [0.4, 0.5) is 0 Å². The fourth-order valence-electron chi connectivity index (χ4n) is 3.41. The van der Waals surface area contributed by atoms with Gasteiger partial charge in [0, 0.05) is 54.3 Å². The smallest absolute Gasteiger partial charge is 0.224 e. The molecule has 0 aliphatic rings. The Morgan fingerprint density at radius 3 is 2.22 bits per heavy atom. The quantitative estimate of drug-likeness (QED) is 0.0921. The summed E-state index contributed by atoms with van der Waals surface area (Å²) in [6.07, 6.45) is 4.78. The normalized spacial score (nSPS) is 11.9. The minimum atomic E-state index is -0.377. The number of fused-ring (bicyclic) bond motifs is 3. The van der Waals surface area contributed by atoms with Crippen LogP contribution < -0.4 is 4.74 Å². The van der Waals surface area contributed by atoms with E-state index in [1.807, 2.05) is 84.0 Å². The van der Waals surface area contributed by atoms with Crippen molar-refractivity contribution in [3.63, 3.8) is 0 Å². The maximum Gasteiger partial charge on any atom is 0.224 e. The Morgan fingerprint density at radius 2 is 1.57 bits per heavy atom. The molecule has 0 aliphatic heterocycles. The molecule has 0 amide bonds. The summed E-state index contributed by atoms with van der Waals surface area (Å²) < 4.78 is 5.87. The zero-order valence-electron chi connectivity index (χ0n) is 22.5. The molecule has 3 aromatic carbocycles. The summed E-state index contributed by atoms with van der Waals surface area (Å²) in [7, 11) is 0. The number of carbonyl (C=O) groups excluding carboxylic acids is 1. The van der Waals surface area contributed by atoms with Gasteiger partial charge in [0.15, 0.2) is 5.78 Å². The van der Waals surface area contributed by atoms with E-state index in [2.05, 4.69) is 35.3 Å². The van der Waals surface area contributed by atoms with Crippen LogP contribution in [0.25, 0.3) is 21.5 Å². The number of aromatic nitrogens is 1. The van der Waals surface area contributed by atoms with Crippen LogP contribution in [0.15, 0.2) is 84.8 Å². The molecule has 0 bridgehead atoms. The first-order valence-electron chi connectivity index (χ1n) is 12.5. The Bertz CT molecular complexity index is 1360. The summed E-state index contributed by atoms with van der Waals surface area (Å²) in [5.41, 5.74) is -0.683. The predicted octanol–water partition coefficient (Wildman–Crippen LogP) is 8.85. The number of para-hydroxylation sites is 1. The van der Waals surface area contributed by atoms with Crippen LogP contribution in [-0.4, -0.2) is 15.9 Å². The van der Waals surface area contributed by atoms with Crippen molar-refractivity contribution in [3.8, 4) is 11.6 Å². The number of ketones is 1. The number of ether oxygens (including phenoxy) is 1. The Kier molecular flexibility index (Phi) is 10.6. The first kappa shape index (κ1) is 30.2. The number of hydrogen-bond donors (Lipinski definition) is 1. The van der Waals surface area contributed by atoms with Crippen molar-refractivity contribution < 1.29 is 34.7 Å². The van der Waals surface area contributed by atoms with E-state index in [1.165, 1.54) is 16.8 Å². The first-order valence-corrected chi connectivity index (χ1v) is 12.5. The van der Waals surface area contributed by atoms with Crippen LogP contribution in [-0.2, 0) is 24.9 Å². The SMILES string of the molecule is CCC(C)(C)C(=O)/C=C(\O)C(C)(C)CC.[Ir].[c-]1ccccc1Oc1nccc2c1ccc1ccccc12. The van der Waals surface area contributed by atoms with Gasteiger partial charge >= 0.3 is 0 Å². The van der Waals surface area contributed by atoms with E-state index in [0.717, 1.165) is 23.6 Å². The third-order valence-corrected chi connectivity index (χ3v) is 6.92. The van der Waals surface area contributed by atoms with Gasteiger partial charge < -0.3 is 9.84 Å².